The Hall–Kier alpha value is -2.96. The largest absolute Gasteiger partial charge is 0.354 e. The van der Waals surface area contributed by atoms with Gasteiger partial charge < -0.3 is 4.90 Å². The second-order valence-electron chi connectivity index (χ2n) is 6.86. The normalized spacial score (nSPS) is 15.7. The number of nitrogens with zero attached hydrogens (tertiary/aromatic N) is 8. The maximum absolute atomic E-state index is 13.2. The number of fused-ring (bicyclic) bond motifs is 1. The van der Waals surface area contributed by atoms with Crippen LogP contribution >= 0.6 is 11.7 Å². The average Bonchev–Trinajstić information content (AvgIpc) is 3.42. The molecule has 30 heavy (non-hydrogen) atoms. The lowest BCUT2D eigenvalue weighted by atomic mass is 10.3. The molecule has 12 heteroatoms. The van der Waals surface area contributed by atoms with Crippen LogP contribution in [0.5, 0.6) is 0 Å². The summed E-state index contributed by atoms with van der Waals surface area (Å²) >= 11 is 1.02. The highest BCUT2D eigenvalue weighted by atomic mass is 32.2. The van der Waals surface area contributed by atoms with Gasteiger partial charge in [0.2, 0.25) is 10.0 Å². The van der Waals surface area contributed by atoms with Crippen molar-refractivity contribution >= 4 is 38.6 Å². The standard InChI is InChI=1S/C18H18N8O2S2/c1-13-19-5-6-26(13)17-11-16(20-12-21-17)24-7-9-25(10-8-24)30(27,28)15-4-2-3-14-18(15)23-29-22-14/h2-6,11-12H,7-10H2,1H3. The van der Waals surface area contributed by atoms with Crippen LogP contribution in [-0.4, -0.2) is 67.2 Å². The van der Waals surface area contributed by atoms with Gasteiger partial charge in [-0.05, 0) is 19.1 Å². The first kappa shape index (κ1) is 19.0. The van der Waals surface area contributed by atoms with Gasteiger partial charge in [0.05, 0.1) is 11.7 Å². The monoisotopic (exact) mass is 442 g/mol. The van der Waals surface area contributed by atoms with Gasteiger partial charge in [-0.3, -0.25) is 4.57 Å². The van der Waals surface area contributed by atoms with E-state index in [9.17, 15) is 8.42 Å². The zero-order valence-electron chi connectivity index (χ0n) is 16.1. The Bertz CT molecular complexity index is 1310. The molecule has 0 radical (unpaired) electrons. The van der Waals surface area contributed by atoms with Gasteiger partial charge in [0, 0.05) is 44.6 Å². The topological polar surface area (TPSA) is 110 Å². The van der Waals surface area contributed by atoms with Crippen molar-refractivity contribution in [2.45, 2.75) is 11.8 Å². The van der Waals surface area contributed by atoms with E-state index in [1.165, 1.54) is 10.6 Å². The van der Waals surface area contributed by atoms with Gasteiger partial charge in [-0.15, -0.1) is 0 Å². The maximum atomic E-state index is 13.2. The van der Waals surface area contributed by atoms with E-state index in [2.05, 4.69) is 28.6 Å². The van der Waals surface area contributed by atoms with Crippen LogP contribution in [0.2, 0.25) is 0 Å². The van der Waals surface area contributed by atoms with Gasteiger partial charge in [0.25, 0.3) is 0 Å². The molecule has 4 heterocycles. The number of benzene rings is 1. The van der Waals surface area contributed by atoms with Crippen LogP contribution in [0.1, 0.15) is 5.82 Å². The lowest BCUT2D eigenvalue weighted by Gasteiger charge is -2.34. The Kier molecular flexibility index (Phi) is 4.68. The SMILES string of the molecule is Cc1nccn1-c1cc(N2CCN(S(=O)(=O)c3cccc4nsnc34)CC2)ncn1. The van der Waals surface area contributed by atoms with Gasteiger partial charge >= 0.3 is 0 Å². The molecule has 0 bridgehead atoms. The van der Waals surface area contributed by atoms with Crippen LogP contribution in [0.25, 0.3) is 16.9 Å². The lowest BCUT2D eigenvalue weighted by Crippen LogP contribution is -2.49. The molecule has 154 valence electrons. The molecule has 5 rings (SSSR count). The quantitative estimate of drug-likeness (QED) is 0.467. The molecule has 0 N–H and O–H groups in total. The van der Waals surface area contributed by atoms with E-state index >= 15 is 0 Å². The van der Waals surface area contributed by atoms with Crippen molar-refractivity contribution in [3.63, 3.8) is 0 Å². The molecule has 0 aliphatic carbocycles. The Morgan fingerprint density at radius 2 is 1.80 bits per heavy atom. The number of imidazole rings is 1. The molecule has 1 aliphatic rings. The number of aryl methyl sites for hydroxylation is 1. The number of hydrogen-bond acceptors (Lipinski definition) is 9. The lowest BCUT2D eigenvalue weighted by molar-refractivity contribution is 0.384. The van der Waals surface area contributed by atoms with Crippen LogP contribution < -0.4 is 4.90 Å². The second-order valence-corrected chi connectivity index (χ2v) is 9.29. The van der Waals surface area contributed by atoms with Gasteiger partial charge in [-0.1, -0.05) is 6.07 Å². The first-order valence-corrected chi connectivity index (χ1v) is 11.5. The zero-order chi connectivity index (χ0) is 20.7. The Labute approximate surface area is 177 Å². The van der Waals surface area contributed by atoms with Crippen LogP contribution in [0.15, 0.2) is 47.9 Å². The van der Waals surface area contributed by atoms with E-state index < -0.39 is 10.0 Å². The van der Waals surface area contributed by atoms with Crippen molar-refractivity contribution < 1.29 is 8.42 Å². The summed E-state index contributed by atoms with van der Waals surface area (Å²) in [6, 6.07) is 6.95. The van der Waals surface area contributed by atoms with Crippen molar-refractivity contribution in [3.05, 3.63) is 48.8 Å². The third kappa shape index (κ3) is 3.22. The van der Waals surface area contributed by atoms with Crippen LogP contribution in [0, 0.1) is 6.92 Å². The Morgan fingerprint density at radius 3 is 2.57 bits per heavy atom. The average molecular weight is 443 g/mol. The predicted molar refractivity (Wildman–Crippen MR) is 112 cm³/mol. The fourth-order valence-electron chi connectivity index (χ4n) is 3.55. The highest BCUT2D eigenvalue weighted by Crippen LogP contribution is 2.26. The number of rotatable bonds is 4. The minimum atomic E-state index is -3.65. The summed E-state index contributed by atoms with van der Waals surface area (Å²) in [6.07, 6.45) is 5.09. The molecule has 3 aromatic heterocycles. The summed E-state index contributed by atoms with van der Waals surface area (Å²) < 4.78 is 38.1. The van der Waals surface area contributed by atoms with Gasteiger partial charge in [0.1, 0.15) is 39.7 Å². The molecular weight excluding hydrogens is 424 g/mol. The van der Waals surface area contributed by atoms with Gasteiger partial charge in [0.15, 0.2) is 0 Å². The van der Waals surface area contributed by atoms with E-state index in [1.807, 2.05) is 23.8 Å². The summed E-state index contributed by atoms with van der Waals surface area (Å²) in [4.78, 5) is 15.2. The zero-order valence-corrected chi connectivity index (χ0v) is 17.7. The first-order chi connectivity index (χ1) is 14.5. The number of anilines is 1. The number of aromatic nitrogens is 6. The first-order valence-electron chi connectivity index (χ1n) is 9.33. The third-order valence-corrected chi connectivity index (χ3v) is 7.61. The fourth-order valence-corrected chi connectivity index (χ4v) is 5.72. The van der Waals surface area contributed by atoms with Crippen LogP contribution in [-0.2, 0) is 10.0 Å². The molecule has 0 amide bonds. The van der Waals surface area contributed by atoms with E-state index in [-0.39, 0.29) is 4.90 Å². The highest BCUT2D eigenvalue weighted by Gasteiger charge is 2.31. The van der Waals surface area contributed by atoms with E-state index in [1.54, 1.807) is 24.4 Å². The molecule has 0 atom stereocenters. The van der Waals surface area contributed by atoms with Gasteiger partial charge in [-0.25, -0.2) is 23.4 Å². The van der Waals surface area contributed by atoms with Crippen molar-refractivity contribution in [2.24, 2.45) is 0 Å². The Morgan fingerprint density at radius 1 is 1.00 bits per heavy atom. The minimum absolute atomic E-state index is 0.210. The van der Waals surface area contributed by atoms with Crippen LogP contribution in [0.3, 0.4) is 0 Å². The van der Waals surface area contributed by atoms with E-state index in [4.69, 9.17) is 0 Å². The van der Waals surface area contributed by atoms with Crippen LogP contribution in [0.4, 0.5) is 5.82 Å². The molecule has 1 aromatic carbocycles. The second kappa shape index (κ2) is 7.38. The summed E-state index contributed by atoms with van der Waals surface area (Å²) in [5.74, 6) is 2.32. The van der Waals surface area contributed by atoms with Crippen molar-refractivity contribution in [3.8, 4) is 5.82 Å². The molecule has 0 saturated carbocycles. The molecular formula is C18H18N8O2S2. The summed E-state index contributed by atoms with van der Waals surface area (Å²) in [5, 5.41) is 0. The summed E-state index contributed by atoms with van der Waals surface area (Å²) in [5.41, 5.74) is 1.03. The summed E-state index contributed by atoms with van der Waals surface area (Å²) in [6.45, 7) is 3.69. The van der Waals surface area contributed by atoms with E-state index in [0.29, 0.717) is 37.2 Å². The smallest absolute Gasteiger partial charge is 0.245 e. The molecule has 10 nitrogen and oxygen atoms in total. The molecule has 1 aliphatic heterocycles. The Balaban J connectivity index is 1.36. The minimum Gasteiger partial charge on any atom is -0.354 e. The van der Waals surface area contributed by atoms with Crippen molar-refractivity contribution in [2.75, 3.05) is 31.1 Å². The summed E-state index contributed by atoms with van der Waals surface area (Å²) in [7, 11) is -3.65. The number of sulfonamides is 1. The molecule has 1 fully saturated rings. The molecule has 0 unspecified atom stereocenters. The molecule has 1 saturated heterocycles. The predicted octanol–water partition coefficient (Wildman–Crippen LogP) is 1.49. The highest BCUT2D eigenvalue weighted by molar-refractivity contribution is 7.89. The van der Waals surface area contributed by atoms with Gasteiger partial charge in [-0.2, -0.15) is 13.1 Å². The number of piperazine rings is 1. The van der Waals surface area contributed by atoms with Crippen molar-refractivity contribution in [1.29, 1.82) is 0 Å². The van der Waals surface area contributed by atoms with Crippen molar-refractivity contribution in [1.82, 2.24) is 32.6 Å². The fraction of sp³-hybridized carbons (Fsp3) is 0.278. The number of hydrogen-bond donors (Lipinski definition) is 0. The molecule has 0 spiro atoms. The maximum Gasteiger partial charge on any atom is 0.245 e. The van der Waals surface area contributed by atoms with E-state index in [0.717, 1.165) is 29.2 Å². The molecule has 4 aromatic rings. The third-order valence-electron chi connectivity index (χ3n) is 5.14.